The van der Waals surface area contributed by atoms with Gasteiger partial charge in [-0.05, 0) is 42.9 Å². The number of carbonyl (C=O) groups excluding carboxylic acids is 3. The van der Waals surface area contributed by atoms with Crippen LogP contribution in [-0.2, 0) is 25.6 Å². The number of carboxylic acid groups (broad SMARTS) is 1. The van der Waals surface area contributed by atoms with Gasteiger partial charge in [-0.15, -0.1) is 0 Å². The lowest BCUT2D eigenvalue weighted by molar-refractivity contribution is -0.142. The number of benzene rings is 1. The SMILES string of the molecule is CC(C)CC(NC(=O)C1CCCN1C(=O)CN)C(=O)NC(Cc1ccc(O)cc1)C(=O)O. The lowest BCUT2D eigenvalue weighted by atomic mass is 10.0. The molecule has 0 bridgehead atoms. The third-order valence-corrected chi connectivity index (χ3v) is 5.38. The summed E-state index contributed by atoms with van der Waals surface area (Å²) >= 11 is 0. The summed E-state index contributed by atoms with van der Waals surface area (Å²) in [4.78, 5) is 50.9. The molecule has 0 saturated carbocycles. The molecule has 1 aromatic rings. The molecule has 10 nitrogen and oxygen atoms in total. The molecule has 0 aromatic heterocycles. The number of amides is 3. The second-order valence-electron chi connectivity index (χ2n) is 8.41. The molecule has 3 atom stereocenters. The number of carboxylic acids is 1. The van der Waals surface area contributed by atoms with E-state index in [0.29, 0.717) is 31.4 Å². The standard InChI is InChI=1S/C22H32N4O6/c1-13(2)10-16(24-21(30)18-4-3-9-26(18)19(28)12-23)20(29)25-17(22(31)32)11-14-5-7-15(27)8-6-14/h5-8,13,16-18,27H,3-4,9-12,23H2,1-2H3,(H,24,30)(H,25,29)(H,31,32). The molecule has 2 rings (SSSR count). The van der Waals surface area contributed by atoms with E-state index in [4.69, 9.17) is 5.73 Å². The number of nitrogens with zero attached hydrogens (tertiary/aromatic N) is 1. The first-order valence-electron chi connectivity index (χ1n) is 10.7. The maximum absolute atomic E-state index is 12.9. The van der Waals surface area contributed by atoms with Crippen LogP contribution in [0.3, 0.4) is 0 Å². The van der Waals surface area contributed by atoms with Gasteiger partial charge in [0, 0.05) is 13.0 Å². The van der Waals surface area contributed by atoms with Crippen molar-refractivity contribution < 1.29 is 29.4 Å². The Kier molecular flexibility index (Phi) is 9.01. The van der Waals surface area contributed by atoms with Crippen LogP contribution < -0.4 is 16.4 Å². The number of nitrogens with two attached hydrogens (primary N) is 1. The van der Waals surface area contributed by atoms with E-state index in [1.807, 2.05) is 13.8 Å². The molecule has 1 fully saturated rings. The molecular weight excluding hydrogens is 416 g/mol. The predicted molar refractivity (Wildman–Crippen MR) is 117 cm³/mol. The molecule has 1 saturated heterocycles. The summed E-state index contributed by atoms with van der Waals surface area (Å²) in [6, 6.07) is 3.18. The predicted octanol–water partition coefficient (Wildman–Crippen LogP) is -0.0153. The highest BCUT2D eigenvalue weighted by Crippen LogP contribution is 2.18. The molecule has 1 aliphatic rings. The van der Waals surface area contributed by atoms with Crippen LogP contribution in [0.4, 0.5) is 0 Å². The normalized spacial score (nSPS) is 17.6. The van der Waals surface area contributed by atoms with Gasteiger partial charge in [-0.25, -0.2) is 4.79 Å². The van der Waals surface area contributed by atoms with Crippen molar-refractivity contribution >= 4 is 23.7 Å². The molecule has 0 aliphatic carbocycles. The molecule has 3 amide bonds. The van der Waals surface area contributed by atoms with Gasteiger partial charge in [0.2, 0.25) is 17.7 Å². The molecule has 6 N–H and O–H groups in total. The highest BCUT2D eigenvalue weighted by Gasteiger charge is 2.36. The Morgan fingerprint density at radius 1 is 1.12 bits per heavy atom. The number of nitrogens with one attached hydrogen (secondary N) is 2. The lowest BCUT2D eigenvalue weighted by Gasteiger charge is -2.27. The van der Waals surface area contributed by atoms with Crippen LogP contribution in [0.25, 0.3) is 0 Å². The van der Waals surface area contributed by atoms with Crippen molar-refractivity contribution in [3.8, 4) is 5.75 Å². The first-order valence-corrected chi connectivity index (χ1v) is 10.7. The number of phenols is 1. The van der Waals surface area contributed by atoms with E-state index in [-0.39, 0.29) is 30.5 Å². The summed E-state index contributed by atoms with van der Waals surface area (Å²) in [7, 11) is 0. The van der Waals surface area contributed by atoms with Gasteiger partial charge in [-0.3, -0.25) is 14.4 Å². The van der Waals surface area contributed by atoms with Crippen molar-refractivity contribution in [3.63, 3.8) is 0 Å². The summed E-state index contributed by atoms with van der Waals surface area (Å²) in [6.45, 7) is 4.01. The third kappa shape index (κ3) is 6.94. The Labute approximate surface area is 187 Å². The Hall–Kier alpha value is -3.14. The zero-order valence-corrected chi connectivity index (χ0v) is 18.4. The van der Waals surface area contributed by atoms with E-state index >= 15 is 0 Å². The number of phenolic OH excluding ortho intramolecular Hbond substituents is 1. The topological polar surface area (TPSA) is 162 Å². The van der Waals surface area contributed by atoms with Gasteiger partial charge in [-0.1, -0.05) is 26.0 Å². The number of hydrogen-bond acceptors (Lipinski definition) is 6. The zero-order valence-electron chi connectivity index (χ0n) is 18.4. The largest absolute Gasteiger partial charge is 0.508 e. The van der Waals surface area contributed by atoms with Crippen molar-refractivity contribution in [1.29, 1.82) is 0 Å². The number of carbonyl (C=O) groups is 4. The summed E-state index contributed by atoms with van der Waals surface area (Å²) in [5, 5.41) is 24.2. The third-order valence-electron chi connectivity index (χ3n) is 5.38. The Bertz CT molecular complexity index is 826. The van der Waals surface area contributed by atoms with Crippen molar-refractivity contribution in [3.05, 3.63) is 29.8 Å². The summed E-state index contributed by atoms with van der Waals surface area (Å²) < 4.78 is 0. The van der Waals surface area contributed by atoms with E-state index in [9.17, 15) is 29.4 Å². The fraction of sp³-hybridized carbons (Fsp3) is 0.545. The van der Waals surface area contributed by atoms with Gasteiger partial charge < -0.3 is 31.5 Å². The average Bonchev–Trinajstić information content (AvgIpc) is 3.23. The lowest BCUT2D eigenvalue weighted by Crippen LogP contribution is -2.56. The molecule has 3 unspecified atom stereocenters. The maximum atomic E-state index is 12.9. The number of likely N-dealkylation sites (tertiary alicyclic amines) is 1. The van der Waals surface area contributed by atoms with Crippen molar-refractivity contribution in [2.45, 2.75) is 57.7 Å². The molecule has 0 radical (unpaired) electrons. The van der Waals surface area contributed by atoms with Crippen molar-refractivity contribution in [2.75, 3.05) is 13.1 Å². The summed E-state index contributed by atoms with van der Waals surface area (Å²) in [6.07, 6.45) is 1.47. The minimum Gasteiger partial charge on any atom is -0.508 e. The van der Waals surface area contributed by atoms with E-state index < -0.39 is 35.9 Å². The average molecular weight is 449 g/mol. The van der Waals surface area contributed by atoms with Crippen LogP contribution in [0.15, 0.2) is 24.3 Å². The van der Waals surface area contributed by atoms with E-state index in [0.717, 1.165) is 0 Å². The molecule has 1 aromatic carbocycles. The summed E-state index contributed by atoms with van der Waals surface area (Å²) in [5.74, 6) is -2.48. The monoisotopic (exact) mass is 448 g/mol. The van der Waals surface area contributed by atoms with E-state index in [2.05, 4.69) is 10.6 Å². The van der Waals surface area contributed by atoms with E-state index in [1.54, 1.807) is 12.1 Å². The summed E-state index contributed by atoms with van der Waals surface area (Å²) in [5.41, 5.74) is 6.05. The highest BCUT2D eigenvalue weighted by atomic mass is 16.4. The van der Waals surface area contributed by atoms with Crippen LogP contribution in [0.2, 0.25) is 0 Å². The van der Waals surface area contributed by atoms with Crippen LogP contribution in [0.1, 0.15) is 38.7 Å². The molecule has 10 heteroatoms. The Balaban J connectivity index is 2.10. The molecule has 0 spiro atoms. The van der Waals surface area contributed by atoms with Gasteiger partial charge in [0.05, 0.1) is 6.54 Å². The fourth-order valence-corrected chi connectivity index (χ4v) is 3.77. The van der Waals surface area contributed by atoms with Gasteiger partial charge in [0.25, 0.3) is 0 Å². The Morgan fingerprint density at radius 2 is 1.78 bits per heavy atom. The van der Waals surface area contributed by atoms with Gasteiger partial charge in [0.1, 0.15) is 23.9 Å². The number of rotatable bonds is 10. The quantitative estimate of drug-likeness (QED) is 0.336. The number of aliphatic carboxylic acids is 1. The van der Waals surface area contributed by atoms with Crippen LogP contribution >= 0.6 is 0 Å². The van der Waals surface area contributed by atoms with Crippen LogP contribution in [0, 0.1) is 5.92 Å². The molecule has 32 heavy (non-hydrogen) atoms. The minimum absolute atomic E-state index is 0.0190. The second kappa shape index (κ2) is 11.5. The van der Waals surface area contributed by atoms with Crippen molar-refractivity contribution in [1.82, 2.24) is 15.5 Å². The van der Waals surface area contributed by atoms with Crippen molar-refractivity contribution in [2.24, 2.45) is 11.7 Å². The molecular formula is C22H32N4O6. The number of aromatic hydroxyl groups is 1. The van der Waals surface area contributed by atoms with E-state index in [1.165, 1.54) is 17.0 Å². The smallest absolute Gasteiger partial charge is 0.326 e. The zero-order chi connectivity index (χ0) is 23.8. The second-order valence-corrected chi connectivity index (χ2v) is 8.41. The van der Waals surface area contributed by atoms with Gasteiger partial charge in [-0.2, -0.15) is 0 Å². The van der Waals surface area contributed by atoms with Crippen LogP contribution in [-0.4, -0.2) is 70.0 Å². The minimum atomic E-state index is -1.21. The first-order chi connectivity index (χ1) is 15.1. The number of hydrogen-bond donors (Lipinski definition) is 5. The molecule has 1 aliphatic heterocycles. The molecule has 176 valence electrons. The highest BCUT2D eigenvalue weighted by molar-refractivity contribution is 5.94. The fourth-order valence-electron chi connectivity index (χ4n) is 3.77. The van der Waals surface area contributed by atoms with Gasteiger partial charge >= 0.3 is 5.97 Å². The van der Waals surface area contributed by atoms with Gasteiger partial charge in [0.15, 0.2) is 0 Å². The maximum Gasteiger partial charge on any atom is 0.326 e. The first kappa shape index (κ1) is 25.1. The van der Waals surface area contributed by atoms with Crippen LogP contribution in [0.5, 0.6) is 5.75 Å². The molecule has 1 heterocycles. The Morgan fingerprint density at radius 3 is 2.34 bits per heavy atom.